The minimum absolute atomic E-state index is 0.148. The van der Waals surface area contributed by atoms with Crippen molar-refractivity contribution in [3.63, 3.8) is 0 Å². The van der Waals surface area contributed by atoms with Gasteiger partial charge in [-0.2, -0.15) is 0 Å². The van der Waals surface area contributed by atoms with Crippen molar-refractivity contribution >= 4 is 21.6 Å². The van der Waals surface area contributed by atoms with Crippen molar-refractivity contribution in [3.8, 4) is 0 Å². The van der Waals surface area contributed by atoms with Gasteiger partial charge in [0.25, 0.3) is 5.69 Å². The molecule has 1 aromatic carbocycles. The molecule has 5 heteroatoms. The van der Waals surface area contributed by atoms with E-state index in [1.807, 2.05) is 6.07 Å². The van der Waals surface area contributed by atoms with E-state index in [9.17, 15) is 10.1 Å². The molecule has 0 aromatic heterocycles. The molecule has 2 unspecified atom stereocenters. The number of nitrogens with zero attached hydrogens (tertiary/aromatic N) is 2. The fraction of sp³-hybridized carbons (Fsp3) is 0.571. The summed E-state index contributed by atoms with van der Waals surface area (Å²) < 4.78 is 0.543. The summed E-state index contributed by atoms with van der Waals surface area (Å²) in [5.41, 5.74) is 1.16. The van der Waals surface area contributed by atoms with Crippen LogP contribution in [0.2, 0.25) is 0 Å². The van der Waals surface area contributed by atoms with Crippen molar-refractivity contribution in [2.24, 2.45) is 0 Å². The predicted octanol–water partition coefficient (Wildman–Crippen LogP) is 4.12. The summed E-state index contributed by atoms with van der Waals surface area (Å²) >= 11 is 3.22. The van der Waals surface area contributed by atoms with Crippen LogP contribution in [0.25, 0.3) is 0 Å². The average Bonchev–Trinajstić information content (AvgIpc) is 2.35. The summed E-state index contributed by atoms with van der Waals surface area (Å²) in [6.45, 7) is 5.27. The molecule has 1 saturated heterocycles. The van der Waals surface area contributed by atoms with Gasteiger partial charge < -0.3 is 0 Å². The van der Waals surface area contributed by atoms with Gasteiger partial charge in [0.2, 0.25) is 0 Å². The first kappa shape index (κ1) is 14.5. The molecule has 0 spiro atoms. The van der Waals surface area contributed by atoms with E-state index in [0.717, 1.165) is 12.1 Å². The molecule has 0 radical (unpaired) electrons. The second kappa shape index (κ2) is 6.01. The highest BCUT2D eigenvalue weighted by Crippen LogP contribution is 2.29. The Kier molecular flexibility index (Phi) is 4.58. The molecule has 1 aliphatic heterocycles. The second-order valence-corrected chi connectivity index (χ2v) is 6.20. The van der Waals surface area contributed by atoms with E-state index >= 15 is 0 Å². The smallest absolute Gasteiger partial charge is 0.283 e. The predicted molar refractivity (Wildman–Crippen MR) is 79.1 cm³/mol. The highest BCUT2D eigenvalue weighted by molar-refractivity contribution is 9.10. The number of likely N-dealkylation sites (tertiary alicyclic amines) is 1. The second-order valence-electron chi connectivity index (χ2n) is 5.34. The normalized spacial score (nSPS) is 24.4. The lowest BCUT2D eigenvalue weighted by atomic mass is 9.96. The number of piperidine rings is 1. The summed E-state index contributed by atoms with van der Waals surface area (Å²) in [7, 11) is 0. The number of halogens is 1. The van der Waals surface area contributed by atoms with Crippen LogP contribution in [0.3, 0.4) is 0 Å². The van der Waals surface area contributed by atoms with Crippen LogP contribution in [0.1, 0.15) is 38.7 Å². The third-order valence-corrected chi connectivity index (χ3v) is 4.62. The Labute approximate surface area is 122 Å². The summed E-state index contributed by atoms with van der Waals surface area (Å²) in [5.74, 6) is 0. The van der Waals surface area contributed by atoms with Crippen LogP contribution < -0.4 is 0 Å². The molecule has 0 bridgehead atoms. The van der Waals surface area contributed by atoms with Crippen LogP contribution in [0.15, 0.2) is 22.7 Å². The lowest BCUT2D eigenvalue weighted by Crippen LogP contribution is -2.42. The van der Waals surface area contributed by atoms with Gasteiger partial charge in [-0.15, -0.1) is 0 Å². The molecule has 0 saturated carbocycles. The Morgan fingerprint density at radius 3 is 2.58 bits per heavy atom. The molecular formula is C14H19BrN2O2. The molecule has 19 heavy (non-hydrogen) atoms. The van der Waals surface area contributed by atoms with Crippen molar-refractivity contribution in [2.75, 3.05) is 0 Å². The number of nitro groups is 1. The number of hydrogen-bond acceptors (Lipinski definition) is 3. The molecule has 104 valence electrons. The van der Waals surface area contributed by atoms with Crippen LogP contribution >= 0.6 is 15.9 Å². The van der Waals surface area contributed by atoms with E-state index in [-0.39, 0.29) is 10.6 Å². The zero-order valence-electron chi connectivity index (χ0n) is 11.3. The van der Waals surface area contributed by atoms with Crippen molar-refractivity contribution in [1.82, 2.24) is 4.90 Å². The monoisotopic (exact) mass is 326 g/mol. The summed E-state index contributed by atoms with van der Waals surface area (Å²) in [6, 6.07) is 6.51. The Bertz CT molecular complexity index is 469. The third-order valence-electron chi connectivity index (χ3n) is 3.95. The van der Waals surface area contributed by atoms with Gasteiger partial charge in [0.05, 0.1) is 9.40 Å². The van der Waals surface area contributed by atoms with Gasteiger partial charge in [0, 0.05) is 24.7 Å². The highest BCUT2D eigenvalue weighted by atomic mass is 79.9. The first-order valence-electron chi connectivity index (χ1n) is 6.67. The SMILES string of the molecule is CC1CCCC(C)N1Cc1ccc(Br)c([N+](=O)[O-])c1. The molecule has 4 nitrogen and oxygen atoms in total. The summed E-state index contributed by atoms with van der Waals surface area (Å²) in [5, 5.41) is 11.0. The van der Waals surface area contributed by atoms with Crippen LogP contribution in [0.4, 0.5) is 5.69 Å². The van der Waals surface area contributed by atoms with E-state index in [0.29, 0.717) is 16.6 Å². The molecule has 0 aliphatic carbocycles. The van der Waals surface area contributed by atoms with Crippen LogP contribution in [0.5, 0.6) is 0 Å². The van der Waals surface area contributed by atoms with E-state index in [1.54, 1.807) is 12.1 Å². The topological polar surface area (TPSA) is 46.4 Å². The van der Waals surface area contributed by atoms with E-state index in [4.69, 9.17) is 0 Å². The number of benzene rings is 1. The Balaban J connectivity index is 2.18. The largest absolute Gasteiger partial charge is 0.294 e. The van der Waals surface area contributed by atoms with Gasteiger partial charge in [-0.25, -0.2) is 0 Å². The summed E-state index contributed by atoms with van der Waals surface area (Å²) in [4.78, 5) is 13.1. The van der Waals surface area contributed by atoms with Crippen LogP contribution in [-0.4, -0.2) is 21.9 Å². The van der Waals surface area contributed by atoms with E-state index in [1.165, 1.54) is 19.3 Å². The number of nitro benzene ring substituents is 1. The summed E-state index contributed by atoms with van der Waals surface area (Å²) in [6.07, 6.45) is 3.70. The third kappa shape index (κ3) is 3.34. The lowest BCUT2D eigenvalue weighted by Gasteiger charge is -2.39. The van der Waals surface area contributed by atoms with Crippen molar-refractivity contribution in [1.29, 1.82) is 0 Å². The molecular weight excluding hydrogens is 308 g/mol. The average molecular weight is 327 g/mol. The van der Waals surface area contributed by atoms with Crippen LogP contribution in [-0.2, 0) is 6.54 Å². The zero-order chi connectivity index (χ0) is 14.0. The maximum Gasteiger partial charge on any atom is 0.283 e. The van der Waals surface area contributed by atoms with Crippen molar-refractivity contribution < 1.29 is 4.92 Å². The van der Waals surface area contributed by atoms with Gasteiger partial charge in [-0.3, -0.25) is 15.0 Å². The molecule has 1 aromatic rings. The quantitative estimate of drug-likeness (QED) is 0.620. The molecule has 2 atom stereocenters. The van der Waals surface area contributed by atoms with Crippen molar-refractivity contribution in [3.05, 3.63) is 38.3 Å². The van der Waals surface area contributed by atoms with Gasteiger partial charge in [0.1, 0.15) is 0 Å². The standard InChI is InChI=1S/C14H19BrN2O2/c1-10-4-3-5-11(2)16(10)9-12-6-7-13(15)14(8-12)17(18)19/h6-8,10-11H,3-5,9H2,1-2H3. The van der Waals surface area contributed by atoms with Gasteiger partial charge in [-0.1, -0.05) is 12.5 Å². The molecule has 0 N–H and O–H groups in total. The van der Waals surface area contributed by atoms with Crippen LogP contribution in [0, 0.1) is 10.1 Å². The Morgan fingerprint density at radius 2 is 2.00 bits per heavy atom. The van der Waals surface area contributed by atoms with E-state index < -0.39 is 0 Å². The van der Waals surface area contributed by atoms with Gasteiger partial charge in [-0.05, 0) is 54.2 Å². The molecule has 0 amide bonds. The fourth-order valence-electron chi connectivity index (χ4n) is 2.79. The zero-order valence-corrected chi connectivity index (χ0v) is 12.9. The lowest BCUT2D eigenvalue weighted by molar-refractivity contribution is -0.385. The minimum Gasteiger partial charge on any atom is -0.294 e. The maximum absolute atomic E-state index is 11.0. The molecule has 1 fully saturated rings. The highest BCUT2D eigenvalue weighted by Gasteiger charge is 2.25. The Hall–Kier alpha value is -0.940. The van der Waals surface area contributed by atoms with Gasteiger partial charge >= 0.3 is 0 Å². The first-order chi connectivity index (χ1) is 8.99. The molecule has 2 rings (SSSR count). The number of rotatable bonds is 3. The van der Waals surface area contributed by atoms with Gasteiger partial charge in [0.15, 0.2) is 0 Å². The maximum atomic E-state index is 11.0. The Morgan fingerprint density at radius 1 is 1.37 bits per heavy atom. The molecule has 1 heterocycles. The molecule has 1 aliphatic rings. The first-order valence-corrected chi connectivity index (χ1v) is 7.47. The minimum atomic E-state index is -0.337. The fourth-order valence-corrected chi connectivity index (χ4v) is 3.19. The van der Waals surface area contributed by atoms with Crippen molar-refractivity contribution in [2.45, 2.75) is 51.7 Å². The number of hydrogen-bond donors (Lipinski definition) is 0. The van der Waals surface area contributed by atoms with E-state index in [2.05, 4.69) is 34.7 Å².